The van der Waals surface area contributed by atoms with Crippen LogP contribution in [-0.4, -0.2) is 39.0 Å². The van der Waals surface area contributed by atoms with Gasteiger partial charge in [0.25, 0.3) is 0 Å². The minimum atomic E-state index is -5.08. The average Bonchev–Trinajstić information content (AvgIpc) is 3.07. The van der Waals surface area contributed by atoms with Crippen LogP contribution in [0.5, 0.6) is 5.88 Å². The van der Waals surface area contributed by atoms with Crippen molar-refractivity contribution in [3.8, 4) is 5.88 Å². The highest BCUT2D eigenvalue weighted by atomic mass is 35.5. The maximum absolute atomic E-state index is 13.6. The molecular weight excluding hydrogens is 447 g/mol. The van der Waals surface area contributed by atoms with Crippen LogP contribution >= 0.6 is 11.6 Å². The molecule has 1 aliphatic heterocycles. The van der Waals surface area contributed by atoms with Crippen LogP contribution in [0, 0.1) is 6.92 Å². The van der Waals surface area contributed by atoms with Gasteiger partial charge in [0, 0.05) is 24.7 Å². The molecule has 1 unspecified atom stereocenters. The van der Waals surface area contributed by atoms with Gasteiger partial charge in [0.1, 0.15) is 5.52 Å². The van der Waals surface area contributed by atoms with E-state index in [-0.39, 0.29) is 21.9 Å². The number of pyridine rings is 1. The van der Waals surface area contributed by atoms with E-state index in [0.717, 1.165) is 6.07 Å². The predicted molar refractivity (Wildman–Crippen MR) is 103 cm³/mol. The summed E-state index contributed by atoms with van der Waals surface area (Å²) in [6.45, 7) is -1.16. The molecule has 3 aromatic rings. The van der Waals surface area contributed by atoms with Gasteiger partial charge in [-0.2, -0.15) is 22.0 Å². The van der Waals surface area contributed by atoms with Gasteiger partial charge in [-0.1, -0.05) is 17.7 Å². The summed E-state index contributed by atoms with van der Waals surface area (Å²) < 4.78 is 71.9. The second-order valence-corrected chi connectivity index (χ2v) is 7.40. The number of nitrogens with zero attached hydrogens (tertiary/aromatic N) is 4. The summed E-state index contributed by atoms with van der Waals surface area (Å²) in [7, 11) is 0. The van der Waals surface area contributed by atoms with Crippen LogP contribution < -0.4 is 4.90 Å². The number of aryl methyl sites for hydroxylation is 2. The maximum Gasteiger partial charge on any atom is 0.419 e. The summed E-state index contributed by atoms with van der Waals surface area (Å²) in [5.41, 5.74) is 0.634. The van der Waals surface area contributed by atoms with E-state index in [0.29, 0.717) is 36.8 Å². The van der Waals surface area contributed by atoms with Crippen LogP contribution in [0.2, 0.25) is 5.02 Å². The van der Waals surface area contributed by atoms with E-state index in [2.05, 4.69) is 14.7 Å². The summed E-state index contributed by atoms with van der Waals surface area (Å²) in [5.74, 6) is 0.124. The minimum Gasteiger partial charge on any atom is -0.493 e. The SMILES string of the molecule is Cc1nc(O)ccc1N1CCCn2c1nc1c(Cl)ccc(C(OC(F)F)C(F)(F)F)c12. The third kappa shape index (κ3) is 3.87. The molecule has 4 rings (SSSR count). The minimum absolute atomic E-state index is 0.0143. The summed E-state index contributed by atoms with van der Waals surface area (Å²) in [6, 6.07) is 5.22. The lowest BCUT2D eigenvalue weighted by Crippen LogP contribution is -2.30. The van der Waals surface area contributed by atoms with Gasteiger partial charge in [-0.15, -0.1) is 0 Å². The molecule has 1 atom stereocenters. The first-order valence-electron chi connectivity index (χ1n) is 9.21. The van der Waals surface area contributed by atoms with Gasteiger partial charge in [-0.3, -0.25) is 0 Å². The highest BCUT2D eigenvalue weighted by molar-refractivity contribution is 6.35. The van der Waals surface area contributed by atoms with Crippen molar-refractivity contribution in [3.63, 3.8) is 0 Å². The molecule has 0 radical (unpaired) electrons. The monoisotopic (exact) mass is 462 g/mol. The van der Waals surface area contributed by atoms with Gasteiger partial charge in [0.05, 0.1) is 21.9 Å². The molecule has 6 nitrogen and oxygen atoms in total. The van der Waals surface area contributed by atoms with Crippen molar-refractivity contribution in [1.82, 2.24) is 14.5 Å². The molecule has 12 heteroatoms. The molecule has 166 valence electrons. The largest absolute Gasteiger partial charge is 0.493 e. The van der Waals surface area contributed by atoms with E-state index in [9.17, 15) is 27.1 Å². The van der Waals surface area contributed by atoms with Crippen LogP contribution in [0.1, 0.15) is 23.8 Å². The lowest BCUT2D eigenvalue weighted by Gasteiger charge is -2.30. The fourth-order valence-corrected chi connectivity index (χ4v) is 4.02. The van der Waals surface area contributed by atoms with E-state index in [1.165, 1.54) is 16.7 Å². The van der Waals surface area contributed by atoms with Crippen LogP contribution in [0.3, 0.4) is 0 Å². The number of alkyl halides is 5. The Labute approximate surface area is 177 Å². The van der Waals surface area contributed by atoms with Crippen LogP contribution in [-0.2, 0) is 11.3 Å². The molecule has 31 heavy (non-hydrogen) atoms. The number of halogens is 6. The number of anilines is 2. The fourth-order valence-electron chi connectivity index (χ4n) is 3.82. The molecule has 0 fully saturated rings. The molecule has 0 amide bonds. The Kier molecular flexibility index (Phi) is 5.42. The smallest absolute Gasteiger partial charge is 0.419 e. The number of rotatable bonds is 4. The lowest BCUT2D eigenvalue weighted by atomic mass is 10.1. The van der Waals surface area contributed by atoms with Crippen molar-refractivity contribution in [2.45, 2.75) is 38.8 Å². The van der Waals surface area contributed by atoms with Gasteiger partial charge in [-0.25, -0.2) is 9.97 Å². The molecule has 1 N–H and O–H groups in total. The van der Waals surface area contributed by atoms with Crippen molar-refractivity contribution in [2.75, 3.05) is 11.4 Å². The zero-order valence-corrected chi connectivity index (χ0v) is 16.8. The molecular formula is C19H16ClF5N4O2. The molecule has 0 bridgehead atoms. The van der Waals surface area contributed by atoms with E-state index in [4.69, 9.17) is 11.6 Å². The zero-order chi connectivity index (χ0) is 22.5. The number of hydrogen-bond donors (Lipinski definition) is 1. The average molecular weight is 463 g/mol. The van der Waals surface area contributed by atoms with E-state index < -0.39 is 24.5 Å². The summed E-state index contributed by atoms with van der Waals surface area (Å²) in [5, 5.41) is 9.66. The van der Waals surface area contributed by atoms with E-state index in [1.807, 2.05) is 0 Å². The van der Waals surface area contributed by atoms with Crippen molar-refractivity contribution < 1.29 is 31.8 Å². The third-order valence-corrected chi connectivity index (χ3v) is 5.32. The molecule has 2 aromatic heterocycles. The number of aromatic nitrogens is 3. The first-order chi connectivity index (χ1) is 14.6. The first kappa shape index (κ1) is 21.6. The van der Waals surface area contributed by atoms with Gasteiger partial charge >= 0.3 is 12.8 Å². The fraction of sp³-hybridized carbons (Fsp3) is 0.368. The molecule has 1 aromatic carbocycles. The molecule has 0 saturated heterocycles. The van der Waals surface area contributed by atoms with Gasteiger partial charge in [0.2, 0.25) is 11.8 Å². The van der Waals surface area contributed by atoms with Crippen molar-refractivity contribution in [2.24, 2.45) is 0 Å². The second-order valence-electron chi connectivity index (χ2n) is 6.99. The van der Waals surface area contributed by atoms with E-state index in [1.54, 1.807) is 17.9 Å². The Balaban J connectivity index is 1.94. The lowest BCUT2D eigenvalue weighted by molar-refractivity contribution is -0.276. The summed E-state index contributed by atoms with van der Waals surface area (Å²) >= 11 is 6.21. The molecule has 3 heterocycles. The number of ether oxygens (including phenoxy) is 1. The van der Waals surface area contributed by atoms with Crippen LogP contribution in [0.4, 0.5) is 33.6 Å². The Morgan fingerprint density at radius 1 is 1.13 bits per heavy atom. The quantitative estimate of drug-likeness (QED) is 0.520. The zero-order valence-electron chi connectivity index (χ0n) is 16.0. The Bertz CT molecular complexity index is 1130. The maximum atomic E-state index is 13.6. The third-order valence-electron chi connectivity index (χ3n) is 5.01. The van der Waals surface area contributed by atoms with Gasteiger partial charge < -0.3 is 19.3 Å². The highest BCUT2D eigenvalue weighted by Crippen LogP contribution is 2.44. The Morgan fingerprint density at radius 3 is 2.52 bits per heavy atom. The highest BCUT2D eigenvalue weighted by Gasteiger charge is 2.45. The van der Waals surface area contributed by atoms with Crippen LogP contribution in [0.15, 0.2) is 24.3 Å². The molecule has 0 spiro atoms. The van der Waals surface area contributed by atoms with Crippen LogP contribution in [0.25, 0.3) is 11.0 Å². The normalized spacial score (nSPS) is 15.5. The predicted octanol–water partition coefficient (Wildman–Crippen LogP) is 5.48. The number of hydrogen-bond acceptors (Lipinski definition) is 5. The Hall–Kier alpha value is -2.66. The summed E-state index contributed by atoms with van der Waals surface area (Å²) in [4.78, 5) is 10.2. The number of fused-ring (bicyclic) bond motifs is 3. The molecule has 1 aliphatic rings. The van der Waals surface area contributed by atoms with Crippen molar-refractivity contribution in [1.29, 1.82) is 0 Å². The van der Waals surface area contributed by atoms with E-state index >= 15 is 0 Å². The second kappa shape index (κ2) is 7.79. The standard InChI is InChI=1S/C19H16ClF5N4O2/c1-9-12(5-6-13(30)26-9)28-7-2-8-29-15-10(16(19(23,24)25)31-17(21)22)3-4-11(20)14(15)27-18(28)29/h3-6,16-17H,2,7-8H2,1H3,(H,26,30). The Morgan fingerprint density at radius 2 is 1.87 bits per heavy atom. The summed E-state index contributed by atoms with van der Waals surface area (Å²) in [6.07, 6.45) is -7.38. The molecule has 0 aliphatic carbocycles. The molecule has 0 saturated carbocycles. The topological polar surface area (TPSA) is 63.4 Å². The number of aromatic hydroxyl groups is 1. The van der Waals surface area contributed by atoms with Gasteiger partial charge in [-0.05, 0) is 25.5 Å². The van der Waals surface area contributed by atoms with Crippen molar-refractivity contribution in [3.05, 3.63) is 40.5 Å². The number of benzene rings is 1. The van der Waals surface area contributed by atoms with Gasteiger partial charge in [0.15, 0.2) is 6.10 Å². The van der Waals surface area contributed by atoms with Crippen molar-refractivity contribution >= 4 is 34.3 Å². The first-order valence-corrected chi connectivity index (χ1v) is 9.59. The number of imidazole rings is 1.